The molecule has 4 rings (SSSR count). The van der Waals surface area contributed by atoms with Crippen LogP contribution >= 0.6 is 22.7 Å². The molecule has 2 heterocycles. The highest BCUT2D eigenvalue weighted by Gasteiger charge is 2.33. The molecule has 4 amide bonds. The summed E-state index contributed by atoms with van der Waals surface area (Å²) in [5.41, 5.74) is 4.27. The number of rotatable bonds is 16. The molecule has 4 unspecified atom stereocenters. The van der Waals surface area contributed by atoms with Crippen molar-refractivity contribution in [3.8, 4) is 5.06 Å². The lowest BCUT2D eigenvalue weighted by Gasteiger charge is -2.34. The van der Waals surface area contributed by atoms with Crippen LogP contribution in [0.15, 0.2) is 77.8 Å². The van der Waals surface area contributed by atoms with E-state index in [2.05, 4.69) is 34.4 Å². The number of amides is 4. The van der Waals surface area contributed by atoms with Crippen LogP contribution in [0.1, 0.15) is 61.9 Å². The van der Waals surface area contributed by atoms with E-state index in [1.165, 1.54) is 27.3 Å². The van der Waals surface area contributed by atoms with Gasteiger partial charge in [-0.3, -0.25) is 4.79 Å². The maximum Gasteiger partial charge on any atom is 0.416 e. The number of nitrogens with zero attached hydrogens (tertiary/aromatic N) is 4. The second kappa shape index (κ2) is 18.6. The number of aliphatic hydroxyl groups is 1. The Hall–Kier alpha value is -4.33. The number of nitrogens with one attached hydrogen (secondary N) is 2. The Balaban J connectivity index is 1.51. The van der Waals surface area contributed by atoms with Crippen molar-refractivity contribution in [2.75, 3.05) is 14.1 Å². The van der Waals surface area contributed by atoms with Crippen molar-refractivity contribution in [3.05, 3.63) is 99.6 Å². The first-order chi connectivity index (χ1) is 23.9. The van der Waals surface area contributed by atoms with E-state index in [4.69, 9.17) is 4.74 Å². The fourth-order valence-electron chi connectivity index (χ4n) is 5.52. The number of ether oxygens (including phenoxy) is 1. The molecule has 268 valence electrons. The molecule has 0 aliphatic carbocycles. The Morgan fingerprint density at radius 3 is 2.10 bits per heavy atom. The molecule has 0 saturated heterocycles. The first-order valence-corrected chi connectivity index (χ1v) is 18.5. The largest absolute Gasteiger partial charge is 0.416 e. The molecule has 0 spiro atoms. The lowest BCUT2D eigenvalue weighted by molar-refractivity contribution is -0.124. The molecule has 0 aliphatic heterocycles. The van der Waals surface area contributed by atoms with Crippen LogP contribution in [0.5, 0.6) is 5.06 Å². The normalized spacial score (nSPS) is 13.7. The van der Waals surface area contributed by atoms with Crippen LogP contribution in [0, 0.1) is 5.92 Å². The van der Waals surface area contributed by atoms with Gasteiger partial charge in [-0.05, 0) is 36.3 Å². The molecule has 4 aromatic rings. The molecule has 0 radical (unpaired) electrons. The minimum absolute atomic E-state index is 0.136. The van der Waals surface area contributed by atoms with Gasteiger partial charge in [-0.1, -0.05) is 99.7 Å². The minimum Gasteiger partial charge on any atom is -0.397 e. The summed E-state index contributed by atoms with van der Waals surface area (Å²) in [6.07, 6.45) is 0.719. The van der Waals surface area contributed by atoms with Gasteiger partial charge < -0.3 is 30.3 Å². The van der Waals surface area contributed by atoms with Crippen LogP contribution in [0.25, 0.3) is 0 Å². The molecular weight excluding hydrogens is 673 g/mol. The number of hydrogen-bond donors (Lipinski definition) is 3. The van der Waals surface area contributed by atoms with Crippen LogP contribution in [-0.2, 0) is 24.2 Å². The van der Waals surface area contributed by atoms with Crippen molar-refractivity contribution in [3.63, 3.8) is 0 Å². The Bertz CT molecular complexity index is 1630. The second-order valence-electron chi connectivity index (χ2n) is 13.1. The highest BCUT2D eigenvalue weighted by molar-refractivity contribution is 7.11. The molecular formula is C37H48N6O5S2. The van der Waals surface area contributed by atoms with Gasteiger partial charge in [-0.2, -0.15) is 0 Å². The van der Waals surface area contributed by atoms with Gasteiger partial charge in [0.15, 0.2) is 0 Å². The molecule has 13 heteroatoms. The standard InChI is InChI=1S/C37H48N6O5S2/c1-24(2)33(41-36(46)42(5)21-29-22-49-35(40-29)25(3)4)34(45)39-28(17-26-13-9-7-10-14-26)19-31(44)30(18-27-15-11-8-12-16-27)43(6)37(47)48-32-20-38-23-50-32/h7-16,20,22-25,28,30-31,33,44H,17-19,21H2,1-6H3,(H,39,45)(H,41,46). The molecule has 0 fully saturated rings. The maximum atomic E-state index is 13.9. The maximum absolute atomic E-state index is 13.9. The van der Waals surface area contributed by atoms with Gasteiger partial charge in [0, 0.05) is 31.4 Å². The highest BCUT2D eigenvalue weighted by atomic mass is 32.1. The van der Waals surface area contributed by atoms with E-state index in [1.807, 2.05) is 79.9 Å². The molecule has 0 aliphatic rings. The zero-order valence-electron chi connectivity index (χ0n) is 29.5. The van der Waals surface area contributed by atoms with E-state index in [9.17, 15) is 19.5 Å². The summed E-state index contributed by atoms with van der Waals surface area (Å²) in [6, 6.07) is 16.9. The predicted octanol–water partition coefficient (Wildman–Crippen LogP) is 6.11. The summed E-state index contributed by atoms with van der Waals surface area (Å²) < 4.78 is 5.53. The first-order valence-electron chi connectivity index (χ1n) is 16.8. The monoisotopic (exact) mass is 720 g/mol. The Kier molecular flexibility index (Phi) is 14.3. The minimum atomic E-state index is -1.05. The highest BCUT2D eigenvalue weighted by Crippen LogP contribution is 2.22. The molecule has 0 saturated carbocycles. The first kappa shape index (κ1) is 38.5. The number of likely N-dealkylation sites (N-methyl/N-ethyl adjacent to an activating group) is 1. The van der Waals surface area contributed by atoms with E-state index in [0.717, 1.165) is 21.8 Å². The SMILES string of the molecule is CC(C)c1nc(CN(C)C(=O)NC(C(=O)NC(Cc2ccccc2)CC(O)C(Cc2ccccc2)N(C)C(=O)Oc2cncs2)C(C)C)cs1. The number of carbonyl (C=O) groups is 3. The summed E-state index contributed by atoms with van der Waals surface area (Å²) in [7, 11) is 3.28. The van der Waals surface area contributed by atoms with E-state index < -0.39 is 30.3 Å². The summed E-state index contributed by atoms with van der Waals surface area (Å²) in [4.78, 5) is 52.0. The van der Waals surface area contributed by atoms with E-state index >= 15 is 0 Å². The van der Waals surface area contributed by atoms with Gasteiger partial charge in [-0.25, -0.2) is 19.6 Å². The van der Waals surface area contributed by atoms with Crippen LogP contribution < -0.4 is 15.4 Å². The number of thiazole rings is 2. The third-order valence-electron chi connectivity index (χ3n) is 8.35. The van der Waals surface area contributed by atoms with Crippen LogP contribution in [0.4, 0.5) is 9.59 Å². The molecule has 4 atom stereocenters. The van der Waals surface area contributed by atoms with E-state index in [1.54, 1.807) is 30.9 Å². The number of carbonyl (C=O) groups excluding carboxylic acids is 3. The number of benzene rings is 2. The van der Waals surface area contributed by atoms with Gasteiger partial charge >= 0.3 is 12.1 Å². The average molecular weight is 721 g/mol. The van der Waals surface area contributed by atoms with Gasteiger partial charge in [0.2, 0.25) is 11.0 Å². The zero-order valence-corrected chi connectivity index (χ0v) is 31.1. The van der Waals surface area contributed by atoms with Crippen molar-refractivity contribution >= 4 is 40.7 Å². The van der Waals surface area contributed by atoms with Crippen LogP contribution in [0.2, 0.25) is 0 Å². The smallest absolute Gasteiger partial charge is 0.397 e. The fraction of sp³-hybridized carbons (Fsp3) is 0.432. The van der Waals surface area contributed by atoms with Crippen molar-refractivity contribution in [1.29, 1.82) is 0 Å². The summed E-state index contributed by atoms with van der Waals surface area (Å²) in [6.45, 7) is 8.22. The van der Waals surface area contributed by atoms with Gasteiger partial charge in [-0.15, -0.1) is 11.3 Å². The number of hydrogen-bond acceptors (Lipinski definition) is 9. The Labute approximate surface area is 302 Å². The van der Waals surface area contributed by atoms with Gasteiger partial charge in [0.1, 0.15) is 6.04 Å². The predicted molar refractivity (Wildman–Crippen MR) is 197 cm³/mol. The van der Waals surface area contributed by atoms with Crippen molar-refractivity contribution in [2.45, 2.75) is 83.6 Å². The fourth-order valence-corrected chi connectivity index (χ4v) is 6.81. The lowest BCUT2D eigenvalue weighted by Crippen LogP contribution is -2.56. The van der Waals surface area contributed by atoms with Gasteiger partial charge in [0.25, 0.3) is 0 Å². The van der Waals surface area contributed by atoms with Crippen molar-refractivity contribution in [1.82, 2.24) is 30.4 Å². The Morgan fingerprint density at radius 2 is 1.54 bits per heavy atom. The topological polar surface area (TPSA) is 137 Å². The zero-order chi connectivity index (χ0) is 36.2. The third kappa shape index (κ3) is 11.4. The molecule has 0 bridgehead atoms. The van der Waals surface area contributed by atoms with Crippen molar-refractivity contribution < 1.29 is 24.2 Å². The van der Waals surface area contributed by atoms with Crippen LogP contribution in [-0.4, -0.2) is 81.2 Å². The third-order valence-corrected chi connectivity index (χ3v) is 10.2. The summed E-state index contributed by atoms with van der Waals surface area (Å²) in [5.74, 6) is -0.279. The second-order valence-corrected chi connectivity index (χ2v) is 14.9. The Morgan fingerprint density at radius 1 is 0.900 bits per heavy atom. The number of aliphatic hydroxyl groups excluding tert-OH is 1. The number of urea groups is 1. The van der Waals surface area contributed by atoms with E-state index in [-0.39, 0.29) is 24.3 Å². The summed E-state index contributed by atoms with van der Waals surface area (Å²) in [5, 5.41) is 21.2. The summed E-state index contributed by atoms with van der Waals surface area (Å²) >= 11 is 2.77. The van der Waals surface area contributed by atoms with E-state index in [0.29, 0.717) is 30.4 Å². The average Bonchev–Trinajstić information content (AvgIpc) is 3.79. The quantitative estimate of drug-likeness (QED) is 0.127. The lowest BCUT2D eigenvalue weighted by atomic mass is 9.92. The van der Waals surface area contributed by atoms with Gasteiger partial charge in [0.05, 0.1) is 41.1 Å². The number of aromatic nitrogens is 2. The van der Waals surface area contributed by atoms with Crippen LogP contribution in [0.3, 0.4) is 0 Å². The molecule has 2 aromatic carbocycles. The molecule has 11 nitrogen and oxygen atoms in total. The van der Waals surface area contributed by atoms with Crippen molar-refractivity contribution in [2.24, 2.45) is 5.92 Å². The molecule has 3 N–H and O–H groups in total. The molecule has 50 heavy (non-hydrogen) atoms. The molecule has 2 aromatic heterocycles.